The van der Waals surface area contributed by atoms with Crippen molar-refractivity contribution in [1.82, 2.24) is 5.32 Å². The molecule has 1 N–H and O–H groups in total. The second-order valence-electron chi connectivity index (χ2n) is 5.46. The second-order valence-corrected chi connectivity index (χ2v) is 5.46. The summed E-state index contributed by atoms with van der Waals surface area (Å²) in [6, 6.07) is 6.91. The molecule has 0 aliphatic carbocycles. The summed E-state index contributed by atoms with van der Waals surface area (Å²) in [6.45, 7) is 4.20. The number of methoxy groups -OCH3 is 3. The molecule has 130 valence electrons. The van der Waals surface area contributed by atoms with E-state index in [0.717, 1.165) is 11.1 Å². The fourth-order valence-corrected chi connectivity index (χ4v) is 2.53. The van der Waals surface area contributed by atoms with E-state index >= 15 is 0 Å². The molecule has 0 spiro atoms. The predicted molar refractivity (Wildman–Crippen MR) is 89.6 cm³/mol. The third kappa shape index (κ3) is 3.89. The van der Waals surface area contributed by atoms with Gasteiger partial charge in [0.2, 0.25) is 0 Å². The van der Waals surface area contributed by atoms with Gasteiger partial charge in [-0.1, -0.05) is 0 Å². The van der Waals surface area contributed by atoms with Crippen LogP contribution in [0.3, 0.4) is 0 Å². The summed E-state index contributed by atoms with van der Waals surface area (Å²) >= 11 is 0. The topological polar surface area (TPSA) is 69.9 Å². The molecule has 1 atom stereocenters. The van der Waals surface area contributed by atoms with Crippen molar-refractivity contribution in [2.45, 2.75) is 26.5 Å². The Bertz CT molecular complexity index is 707. The largest absolute Gasteiger partial charge is 0.493 e. The first-order valence-electron chi connectivity index (χ1n) is 7.61. The molecule has 1 heterocycles. The Morgan fingerprint density at radius 2 is 1.83 bits per heavy atom. The zero-order chi connectivity index (χ0) is 17.7. The minimum absolute atomic E-state index is 0.215. The number of carbonyl (C=O) groups excluding carboxylic acids is 1. The Balaban J connectivity index is 2.16. The maximum Gasteiger partial charge on any atom is 0.287 e. The number of furan rings is 1. The van der Waals surface area contributed by atoms with Gasteiger partial charge in [-0.2, -0.15) is 0 Å². The van der Waals surface area contributed by atoms with E-state index in [0.29, 0.717) is 23.9 Å². The van der Waals surface area contributed by atoms with Gasteiger partial charge in [-0.25, -0.2) is 0 Å². The summed E-state index contributed by atoms with van der Waals surface area (Å²) in [5.41, 5.74) is 1.95. The van der Waals surface area contributed by atoms with Crippen LogP contribution in [-0.2, 0) is 11.3 Å². The first-order valence-corrected chi connectivity index (χ1v) is 7.61. The molecule has 6 nitrogen and oxygen atoms in total. The maximum atomic E-state index is 12.3. The van der Waals surface area contributed by atoms with Crippen LogP contribution < -0.4 is 14.8 Å². The van der Waals surface area contributed by atoms with Gasteiger partial charge in [-0.15, -0.1) is 0 Å². The molecule has 6 heteroatoms. The van der Waals surface area contributed by atoms with Gasteiger partial charge < -0.3 is 23.9 Å². The average Bonchev–Trinajstić information content (AvgIpc) is 3.03. The second kappa shape index (κ2) is 7.88. The summed E-state index contributed by atoms with van der Waals surface area (Å²) < 4.78 is 21.1. The summed E-state index contributed by atoms with van der Waals surface area (Å²) in [6.07, 6.45) is 0. The van der Waals surface area contributed by atoms with E-state index in [9.17, 15) is 4.79 Å². The minimum atomic E-state index is -0.279. The standard InChI is InChI=1S/C18H23NO5/c1-11-8-16(22-4)17(23-5)9-14(11)12(2)19-18(20)15-7-6-13(24-15)10-21-3/h6-9,12H,10H2,1-5H3,(H,19,20). The normalized spacial score (nSPS) is 11.9. The molecule has 2 rings (SSSR count). The average molecular weight is 333 g/mol. The fraction of sp³-hybridized carbons (Fsp3) is 0.389. The summed E-state index contributed by atoms with van der Waals surface area (Å²) in [5.74, 6) is 1.87. The van der Waals surface area contributed by atoms with Gasteiger partial charge in [-0.05, 0) is 49.2 Å². The van der Waals surface area contributed by atoms with E-state index in [-0.39, 0.29) is 17.7 Å². The fourth-order valence-electron chi connectivity index (χ4n) is 2.53. The van der Waals surface area contributed by atoms with E-state index in [1.165, 1.54) is 0 Å². The van der Waals surface area contributed by atoms with Crippen LogP contribution >= 0.6 is 0 Å². The van der Waals surface area contributed by atoms with Gasteiger partial charge in [-0.3, -0.25) is 4.79 Å². The number of aryl methyl sites for hydroxylation is 1. The van der Waals surface area contributed by atoms with Crippen molar-refractivity contribution in [1.29, 1.82) is 0 Å². The molecule has 24 heavy (non-hydrogen) atoms. The molecule has 1 unspecified atom stereocenters. The molecule has 2 aromatic rings. The van der Waals surface area contributed by atoms with Crippen molar-refractivity contribution in [3.05, 3.63) is 46.9 Å². The van der Waals surface area contributed by atoms with Crippen LogP contribution in [0.25, 0.3) is 0 Å². The number of nitrogens with one attached hydrogen (secondary N) is 1. The van der Waals surface area contributed by atoms with Gasteiger partial charge in [0.1, 0.15) is 12.4 Å². The highest BCUT2D eigenvalue weighted by atomic mass is 16.5. The zero-order valence-corrected chi connectivity index (χ0v) is 14.6. The van der Waals surface area contributed by atoms with Gasteiger partial charge in [0.05, 0.1) is 20.3 Å². The zero-order valence-electron chi connectivity index (χ0n) is 14.6. The van der Waals surface area contributed by atoms with E-state index < -0.39 is 0 Å². The molecule has 0 bridgehead atoms. The Morgan fingerprint density at radius 1 is 1.17 bits per heavy atom. The lowest BCUT2D eigenvalue weighted by Crippen LogP contribution is -2.26. The highest BCUT2D eigenvalue weighted by molar-refractivity contribution is 5.91. The number of amides is 1. The molecule has 0 saturated carbocycles. The Labute approximate surface area is 141 Å². The van der Waals surface area contributed by atoms with Gasteiger partial charge in [0.15, 0.2) is 17.3 Å². The van der Waals surface area contributed by atoms with Gasteiger partial charge >= 0.3 is 0 Å². The highest BCUT2D eigenvalue weighted by Crippen LogP contribution is 2.32. The molecule has 0 saturated heterocycles. The lowest BCUT2D eigenvalue weighted by Gasteiger charge is -2.18. The van der Waals surface area contributed by atoms with Crippen molar-refractivity contribution < 1.29 is 23.4 Å². The van der Waals surface area contributed by atoms with Crippen LogP contribution in [0.2, 0.25) is 0 Å². The van der Waals surface area contributed by atoms with Crippen molar-refractivity contribution in [2.75, 3.05) is 21.3 Å². The summed E-state index contributed by atoms with van der Waals surface area (Å²) in [7, 11) is 4.75. The summed E-state index contributed by atoms with van der Waals surface area (Å²) in [5, 5.41) is 2.93. The van der Waals surface area contributed by atoms with Gasteiger partial charge in [0, 0.05) is 7.11 Å². The lowest BCUT2D eigenvalue weighted by molar-refractivity contribution is 0.0903. The van der Waals surface area contributed by atoms with Crippen LogP contribution in [0.5, 0.6) is 11.5 Å². The van der Waals surface area contributed by atoms with Crippen molar-refractivity contribution in [2.24, 2.45) is 0 Å². The number of rotatable bonds is 7. The van der Waals surface area contributed by atoms with Crippen LogP contribution in [0, 0.1) is 6.92 Å². The Hall–Kier alpha value is -2.47. The lowest BCUT2D eigenvalue weighted by atomic mass is 10.0. The molecular weight excluding hydrogens is 310 g/mol. The van der Waals surface area contributed by atoms with Crippen LogP contribution in [-0.4, -0.2) is 27.2 Å². The Kier molecular flexibility index (Phi) is 5.87. The smallest absolute Gasteiger partial charge is 0.287 e. The molecule has 0 aliphatic rings. The SMILES string of the molecule is COCc1ccc(C(=O)NC(C)c2cc(OC)c(OC)cc2C)o1. The highest BCUT2D eigenvalue weighted by Gasteiger charge is 2.18. The molecule has 1 aromatic carbocycles. The van der Waals surface area contributed by atoms with Gasteiger partial charge in [0.25, 0.3) is 5.91 Å². The third-order valence-electron chi connectivity index (χ3n) is 3.76. The van der Waals surface area contributed by atoms with Crippen molar-refractivity contribution in [3.8, 4) is 11.5 Å². The first kappa shape index (κ1) is 17.9. The molecule has 0 fully saturated rings. The number of benzene rings is 1. The minimum Gasteiger partial charge on any atom is -0.493 e. The van der Waals surface area contributed by atoms with E-state index in [1.54, 1.807) is 33.5 Å². The number of hydrogen-bond donors (Lipinski definition) is 1. The monoisotopic (exact) mass is 333 g/mol. The van der Waals surface area contributed by atoms with Crippen molar-refractivity contribution in [3.63, 3.8) is 0 Å². The quantitative estimate of drug-likeness (QED) is 0.842. The van der Waals surface area contributed by atoms with Crippen LogP contribution in [0.15, 0.2) is 28.7 Å². The molecule has 0 aliphatic heterocycles. The third-order valence-corrected chi connectivity index (χ3v) is 3.76. The van der Waals surface area contributed by atoms with E-state index in [2.05, 4.69) is 5.32 Å². The number of carbonyl (C=O) groups is 1. The van der Waals surface area contributed by atoms with E-state index in [1.807, 2.05) is 26.0 Å². The molecule has 1 aromatic heterocycles. The van der Waals surface area contributed by atoms with Crippen LogP contribution in [0.4, 0.5) is 0 Å². The molecular formula is C18H23NO5. The number of hydrogen-bond acceptors (Lipinski definition) is 5. The van der Waals surface area contributed by atoms with Crippen LogP contribution in [0.1, 0.15) is 40.4 Å². The predicted octanol–water partition coefficient (Wildman–Crippen LogP) is 3.24. The number of ether oxygens (including phenoxy) is 3. The first-order chi connectivity index (χ1) is 11.5. The molecule has 0 radical (unpaired) electrons. The Morgan fingerprint density at radius 3 is 2.46 bits per heavy atom. The molecule has 1 amide bonds. The summed E-state index contributed by atoms with van der Waals surface area (Å²) in [4.78, 5) is 12.3. The van der Waals surface area contributed by atoms with Crippen molar-refractivity contribution >= 4 is 5.91 Å². The maximum absolute atomic E-state index is 12.3. The van der Waals surface area contributed by atoms with E-state index in [4.69, 9.17) is 18.6 Å².